The summed E-state index contributed by atoms with van der Waals surface area (Å²) in [5.41, 5.74) is 9.51. The van der Waals surface area contributed by atoms with Crippen molar-refractivity contribution < 1.29 is 35.9 Å². The van der Waals surface area contributed by atoms with E-state index in [4.69, 9.17) is 20.0 Å². The highest BCUT2D eigenvalue weighted by Crippen LogP contribution is 2.42. The summed E-state index contributed by atoms with van der Waals surface area (Å²) in [6, 6.07) is 28.3. The number of nitrogens with two attached hydrogens (primary N) is 1. The second kappa shape index (κ2) is 21.4. The van der Waals surface area contributed by atoms with Crippen LogP contribution in [0.4, 0.5) is 10.5 Å². The van der Waals surface area contributed by atoms with E-state index in [0.29, 0.717) is 42.2 Å². The number of benzene rings is 4. The molecule has 1 atom stereocenters. The van der Waals surface area contributed by atoms with E-state index in [1.54, 1.807) is 25.3 Å². The van der Waals surface area contributed by atoms with Gasteiger partial charge in [-0.1, -0.05) is 105 Å². The zero-order valence-corrected chi connectivity index (χ0v) is 41.0. The number of rotatable bonds is 20. The van der Waals surface area contributed by atoms with Gasteiger partial charge in [0.25, 0.3) is 0 Å². The van der Waals surface area contributed by atoms with Crippen LogP contribution in [0.1, 0.15) is 50.3 Å². The molecule has 1 amide bonds. The zero-order chi connectivity index (χ0) is 47.7. The Morgan fingerprint density at radius 3 is 2.14 bits per heavy atom. The van der Waals surface area contributed by atoms with Gasteiger partial charge in [0.1, 0.15) is 15.5 Å². The highest BCUT2D eigenvalue weighted by molar-refractivity contribution is 7.92. The first kappa shape index (κ1) is 49.9. The third-order valence-corrected chi connectivity index (χ3v) is 19.9. The Morgan fingerprint density at radius 1 is 0.924 bits per heavy atom. The first-order valence-electron chi connectivity index (χ1n) is 21.7. The van der Waals surface area contributed by atoms with Gasteiger partial charge in [0.15, 0.2) is 8.32 Å². The molecule has 6 rings (SSSR count). The van der Waals surface area contributed by atoms with Crippen LogP contribution in [0.3, 0.4) is 0 Å². The lowest BCUT2D eigenvalue weighted by Crippen LogP contribution is -2.50. The number of tetrazole rings is 1. The van der Waals surface area contributed by atoms with E-state index in [-0.39, 0.29) is 49.1 Å². The van der Waals surface area contributed by atoms with Crippen molar-refractivity contribution >= 4 is 40.1 Å². The number of carboxylic acid groups (broad SMARTS) is 1. The van der Waals surface area contributed by atoms with E-state index in [0.717, 1.165) is 24.0 Å². The first-order chi connectivity index (χ1) is 31.3. The molecule has 5 aromatic rings. The fourth-order valence-electron chi connectivity index (χ4n) is 7.40. The van der Waals surface area contributed by atoms with E-state index in [2.05, 4.69) is 20.4 Å². The molecule has 66 heavy (non-hydrogen) atoms. The van der Waals surface area contributed by atoms with Crippen LogP contribution in [0.2, 0.25) is 18.1 Å². The largest absolute Gasteiger partial charge is 0.497 e. The Kier molecular flexibility index (Phi) is 16.2. The van der Waals surface area contributed by atoms with Crippen LogP contribution in [0.15, 0.2) is 119 Å². The molecule has 17 nitrogen and oxygen atoms in total. The maximum absolute atomic E-state index is 16.0. The number of anilines is 1. The van der Waals surface area contributed by atoms with Crippen LogP contribution in [0, 0.1) is 0 Å². The number of hydrogen-bond acceptors (Lipinski definition) is 12. The summed E-state index contributed by atoms with van der Waals surface area (Å²) in [4.78, 5) is 13.9. The summed E-state index contributed by atoms with van der Waals surface area (Å²) in [6.07, 6.45) is 1.21. The average Bonchev–Trinajstić information content (AvgIpc) is 3.75. The van der Waals surface area contributed by atoms with E-state index in [1.165, 1.54) is 15.2 Å². The van der Waals surface area contributed by atoms with E-state index >= 15 is 16.8 Å². The molecule has 4 aromatic carbocycles. The molecule has 0 radical (unpaired) electrons. The molecule has 1 aliphatic rings. The van der Waals surface area contributed by atoms with E-state index < -0.39 is 50.4 Å². The number of amides is 1. The Balaban J connectivity index is 1.58. The quantitative estimate of drug-likeness (QED) is 0.0504. The summed E-state index contributed by atoms with van der Waals surface area (Å²) in [5.74, 6) is 0.557. The molecule has 0 spiro atoms. The highest BCUT2D eigenvalue weighted by Gasteiger charge is 2.41. The summed E-state index contributed by atoms with van der Waals surface area (Å²) in [5, 5.41) is 25.1. The summed E-state index contributed by atoms with van der Waals surface area (Å²) in [7, 11) is -10.6. The Morgan fingerprint density at radius 2 is 1.56 bits per heavy atom. The number of hydrogen-bond donors (Lipinski definition) is 4. The van der Waals surface area contributed by atoms with Gasteiger partial charge in [-0.2, -0.15) is 9.10 Å². The van der Waals surface area contributed by atoms with E-state index in [9.17, 15) is 9.90 Å². The van der Waals surface area contributed by atoms with Gasteiger partial charge >= 0.3 is 6.09 Å². The molecule has 0 aliphatic carbocycles. The summed E-state index contributed by atoms with van der Waals surface area (Å²) >= 11 is 0. The van der Waals surface area contributed by atoms with Crippen LogP contribution in [0.25, 0.3) is 11.4 Å². The van der Waals surface area contributed by atoms with Crippen LogP contribution in [-0.2, 0) is 44.1 Å². The molecular weight excluding hydrogens is 899 g/mol. The number of nitrogens with one attached hydrogen (secondary N) is 2. The van der Waals surface area contributed by atoms with Gasteiger partial charge in [0, 0.05) is 51.5 Å². The van der Waals surface area contributed by atoms with Gasteiger partial charge < -0.3 is 30.2 Å². The van der Waals surface area contributed by atoms with Gasteiger partial charge in [0.05, 0.1) is 25.3 Å². The van der Waals surface area contributed by atoms with E-state index in [1.807, 2.05) is 118 Å². The third-order valence-electron chi connectivity index (χ3n) is 11.9. The van der Waals surface area contributed by atoms with Crippen LogP contribution < -0.4 is 25.4 Å². The predicted octanol–water partition coefficient (Wildman–Crippen LogP) is 6.21. The zero-order valence-electron chi connectivity index (χ0n) is 38.3. The predicted molar refractivity (Wildman–Crippen MR) is 257 cm³/mol. The van der Waals surface area contributed by atoms with Crippen molar-refractivity contribution in [3.05, 3.63) is 125 Å². The number of carbonyl (C=O) groups is 1. The lowest BCUT2D eigenvalue weighted by molar-refractivity contribution is 0.163. The molecule has 0 bridgehead atoms. The lowest BCUT2D eigenvalue weighted by Gasteiger charge is -2.39. The van der Waals surface area contributed by atoms with Crippen molar-refractivity contribution in [2.24, 2.45) is 5.73 Å². The maximum atomic E-state index is 16.0. The monoisotopic (exact) mass is 959 g/mol. The van der Waals surface area contributed by atoms with Gasteiger partial charge in [-0.25, -0.2) is 26.4 Å². The van der Waals surface area contributed by atoms with Gasteiger partial charge in [-0.3, -0.25) is 0 Å². The molecule has 1 aromatic heterocycles. The van der Waals surface area contributed by atoms with Crippen LogP contribution in [-0.4, -0.2) is 107 Å². The number of ether oxygens (including phenoxy) is 1. The molecule has 5 N–H and O–H groups in total. The van der Waals surface area contributed by atoms with Gasteiger partial charge in [-0.15, -0.1) is 10.2 Å². The van der Waals surface area contributed by atoms with Crippen LogP contribution >= 0.6 is 0 Å². The third kappa shape index (κ3) is 12.5. The first-order valence-corrected chi connectivity index (χ1v) is 27.6. The van der Waals surface area contributed by atoms with Crippen molar-refractivity contribution in [2.75, 3.05) is 44.7 Å². The van der Waals surface area contributed by atoms with Crippen LogP contribution in [0.5, 0.6) is 5.75 Å². The van der Waals surface area contributed by atoms with Crippen molar-refractivity contribution in [3.8, 4) is 17.1 Å². The lowest BCUT2D eigenvalue weighted by atomic mass is 10.0. The molecule has 0 saturated carbocycles. The fourth-order valence-corrected chi connectivity index (χ4v) is 12.2. The molecule has 1 unspecified atom stereocenters. The Bertz CT molecular complexity index is 2640. The topological polar surface area (TPSA) is 224 Å². The normalized spacial score (nSPS) is 15.0. The number of sulfonamides is 2. The summed E-state index contributed by atoms with van der Waals surface area (Å²) < 4.78 is 77.8. The number of nitrogens with zero attached hydrogens (tertiary/aromatic N) is 6. The standard InChI is InChI=1S/C46H61N9O8S2Si/c1-46(2,3)66(5,6)63-39(28-48-45(56)57)29-49-64(58,59)41-24-23-40(53-27-13-18-36(30-53)25-26-47)42(44-50-52-55(51-44)33-37-19-21-38(62-4)22-20-37)43(41)65(60,61)54(31-34-14-9-7-10-15-34)32-35-16-11-8-12-17-35/h7-12,14-17,19-25,39,48-49H,13,18,26-33,47H2,1-6H3,(H,56,57). The minimum absolute atomic E-state index is 0.0411. The molecule has 354 valence electrons. The second-order valence-electron chi connectivity index (χ2n) is 17.7. The highest BCUT2D eigenvalue weighted by atomic mass is 32.2. The molecule has 20 heteroatoms. The van der Waals surface area contributed by atoms with Crippen molar-refractivity contribution in [1.82, 2.24) is 34.6 Å². The van der Waals surface area contributed by atoms with Crippen molar-refractivity contribution in [1.29, 1.82) is 0 Å². The second-order valence-corrected chi connectivity index (χ2v) is 26.1. The van der Waals surface area contributed by atoms with Crippen molar-refractivity contribution in [3.63, 3.8) is 0 Å². The SMILES string of the molecule is COc1ccc(Cn2nnc(-c3c(N4CCCC(=CCN)C4)ccc(S(=O)(=O)NCC(CNC(=O)O)O[Si](C)(C)C(C)(C)C)c3S(=O)(=O)N(Cc3ccccc3)Cc3ccccc3)n2)cc1. The number of piperidine rings is 1. The van der Waals surface area contributed by atoms with Crippen molar-refractivity contribution in [2.45, 2.75) is 87.3 Å². The number of aromatic nitrogens is 4. The molecular formula is C46H61N9O8S2Si. The molecule has 1 fully saturated rings. The average molecular weight is 960 g/mol. The smallest absolute Gasteiger partial charge is 0.404 e. The minimum Gasteiger partial charge on any atom is -0.497 e. The summed E-state index contributed by atoms with van der Waals surface area (Å²) in [6.45, 7) is 10.6. The maximum Gasteiger partial charge on any atom is 0.404 e. The molecule has 1 aliphatic heterocycles. The fraction of sp³-hybridized carbons (Fsp3) is 0.391. The Hall–Kier alpha value is -5.48. The minimum atomic E-state index is -4.83. The van der Waals surface area contributed by atoms with Gasteiger partial charge in [0.2, 0.25) is 25.9 Å². The molecule has 2 heterocycles. The number of methoxy groups -OCH3 is 1. The molecule has 1 saturated heterocycles. The van der Waals surface area contributed by atoms with Gasteiger partial charge in [-0.05, 0) is 77.1 Å². The Labute approximate surface area is 389 Å².